The highest BCUT2D eigenvalue weighted by atomic mass is 35.5. The van der Waals surface area contributed by atoms with E-state index in [0.717, 1.165) is 22.1 Å². The van der Waals surface area contributed by atoms with Gasteiger partial charge in [0.2, 0.25) is 0 Å². The Hall–Kier alpha value is -1.23. The van der Waals surface area contributed by atoms with E-state index >= 15 is 0 Å². The number of halogens is 1. The maximum atomic E-state index is 6.17. The average Bonchev–Trinajstić information content (AvgIpc) is 2.46. The molecule has 0 saturated heterocycles. The van der Waals surface area contributed by atoms with Crippen LogP contribution in [-0.4, -0.2) is 17.8 Å². The molecule has 2 N–H and O–H groups in total. The van der Waals surface area contributed by atoms with Crippen LogP contribution in [0.25, 0.3) is 0 Å². The molecule has 0 bridgehead atoms. The van der Waals surface area contributed by atoms with E-state index in [1.54, 1.807) is 25.1 Å². The van der Waals surface area contributed by atoms with Gasteiger partial charge in [-0.05, 0) is 29.8 Å². The van der Waals surface area contributed by atoms with E-state index in [-0.39, 0.29) is 6.04 Å². The predicted molar refractivity (Wildman–Crippen MR) is 79.9 cm³/mol. The first-order chi connectivity index (χ1) is 9.19. The lowest BCUT2D eigenvalue weighted by atomic mass is 10.1. The second-order valence-electron chi connectivity index (χ2n) is 4.01. The molecule has 0 fully saturated rings. The van der Waals surface area contributed by atoms with Crippen LogP contribution < -0.4 is 10.5 Å². The van der Waals surface area contributed by atoms with Crippen molar-refractivity contribution in [1.29, 1.82) is 0 Å². The van der Waals surface area contributed by atoms with Gasteiger partial charge < -0.3 is 10.5 Å². The predicted octanol–water partition coefficient (Wildman–Crippen LogP) is 3.54. The second kappa shape index (κ2) is 6.80. The van der Waals surface area contributed by atoms with Crippen LogP contribution in [0.15, 0.2) is 47.6 Å². The monoisotopic (exact) mass is 294 g/mol. The molecule has 1 aromatic carbocycles. The molecule has 1 aromatic heterocycles. The summed E-state index contributed by atoms with van der Waals surface area (Å²) in [5.41, 5.74) is 7.22. The van der Waals surface area contributed by atoms with Crippen LogP contribution in [0.5, 0.6) is 5.75 Å². The third kappa shape index (κ3) is 4.13. The van der Waals surface area contributed by atoms with Crippen molar-refractivity contribution in [3.63, 3.8) is 0 Å². The SMILES string of the molecule is COc1cccc(C(N)CSc2ccc(Cl)cn2)c1. The highest BCUT2D eigenvalue weighted by Gasteiger charge is 2.08. The Bertz CT molecular complexity index is 533. The maximum absolute atomic E-state index is 6.17. The Morgan fingerprint density at radius 2 is 2.21 bits per heavy atom. The summed E-state index contributed by atoms with van der Waals surface area (Å²) in [6.07, 6.45) is 1.64. The summed E-state index contributed by atoms with van der Waals surface area (Å²) in [6, 6.07) is 11.5. The Labute approximate surface area is 122 Å². The first kappa shape index (κ1) is 14.2. The van der Waals surface area contributed by atoms with Crippen molar-refractivity contribution in [2.75, 3.05) is 12.9 Å². The maximum Gasteiger partial charge on any atom is 0.119 e. The van der Waals surface area contributed by atoms with E-state index in [1.165, 1.54) is 0 Å². The summed E-state index contributed by atoms with van der Waals surface area (Å²) >= 11 is 7.40. The van der Waals surface area contributed by atoms with Crippen molar-refractivity contribution in [2.45, 2.75) is 11.1 Å². The fraction of sp³-hybridized carbons (Fsp3) is 0.214. The first-order valence-electron chi connectivity index (χ1n) is 5.83. The minimum atomic E-state index is -0.0578. The quantitative estimate of drug-likeness (QED) is 0.857. The minimum absolute atomic E-state index is 0.0578. The zero-order chi connectivity index (χ0) is 13.7. The fourth-order valence-corrected chi connectivity index (χ4v) is 2.54. The van der Waals surface area contributed by atoms with E-state index in [2.05, 4.69) is 4.98 Å². The molecule has 0 spiro atoms. The smallest absolute Gasteiger partial charge is 0.119 e. The number of nitrogens with zero attached hydrogens (tertiary/aromatic N) is 1. The molecule has 3 nitrogen and oxygen atoms in total. The molecule has 19 heavy (non-hydrogen) atoms. The number of rotatable bonds is 5. The molecule has 0 aliphatic heterocycles. The molecule has 0 aliphatic carbocycles. The van der Waals surface area contributed by atoms with Crippen molar-refractivity contribution in [3.05, 3.63) is 53.2 Å². The van der Waals surface area contributed by atoms with Gasteiger partial charge in [0.15, 0.2) is 0 Å². The lowest BCUT2D eigenvalue weighted by Crippen LogP contribution is -2.13. The third-order valence-electron chi connectivity index (χ3n) is 2.63. The molecular weight excluding hydrogens is 280 g/mol. The number of pyridine rings is 1. The van der Waals surface area contributed by atoms with Crippen LogP contribution in [-0.2, 0) is 0 Å². The number of thioether (sulfide) groups is 1. The Balaban J connectivity index is 1.96. The van der Waals surface area contributed by atoms with E-state index in [0.29, 0.717) is 5.02 Å². The Kier molecular flexibility index (Phi) is 5.07. The molecule has 100 valence electrons. The van der Waals surface area contributed by atoms with E-state index in [9.17, 15) is 0 Å². The molecule has 5 heteroatoms. The summed E-state index contributed by atoms with van der Waals surface area (Å²) in [7, 11) is 1.65. The number of hydrogen-bond donors (Lipinski definition) is 1. The lowest BCUT2D eigenvalue weighted by molar-refractivity contribution is 0.414. The summed E-state index contributed by atoms with van der Waals surface area (Å²) in [5, 5.41) is 1.56. The summed E-state index contributed by atoms with van der Waals surface area (Å²) in [4.78, 5) is 4.23. The average molecular weight is 295 g/mol. The van der Waals surface area contributed by atoms with Crippen molar-refractivity contribution >= 4 is 23.4 Å². The van der Waals surface area contributed by atoms with Crippen LogP contribution in [0, 0.1) is 0 Å². The van der Waals surface area contributed by atoms with Gasteiger partial charge in [0.05, 0.1) is 17.2 Å². The highest BCUT2D eigenvalue weighted by Crippen LogP contribution is 2.24. The molecule has 1 heterocycles. The van der Waals surface area contributed by atoms with Gasteiger partial charge in [0.25, 0.3) is 0 Å². The molecule has 2 aromatic rings. The van der Waals surface area contributed by atoms with Crippen LogP contribution in [0.1, 0.15) is 11.6 Å². The minimum Gasteiger partial charge on any atom is -0.497 e. The van der Waals surface area contributed by atoms with Gasteiger partial charge in [0.1, 0.15) is 5.75 Å². The molecule has 1 atom stereocenters. The van der Waals surface area contributed by atoms with E-state index in [4.69, 9.17) is 22.1 Å². The van der Waals surface area contributed by atoms with Gasteiger partial charge in [-0.3, -0.25) is 0 Å². The molecule has 0 radical (unpaired) electrons. The van der Waals surface area contributed by atoms with Gasteiger partial charge in [-0.2, -0.15) is 0 Å². The zero-order valence-electron chi connectivity index (χ0n) is 10.5. The van der Waals surface area contributed by atoms with Crippen LogP contribution in [0.2, 0.25) is 5.02 Å². The topological polar surface area (TPSA) is 48.1 Å². The molecule has 0 aliphatic rings. The van der Waals surface area contributed by atoms with Crippen LogP contribution in [0.3, 0.4) is 0 Å². The van der Waals surface area contributed by atoms with Crippen LogP contribution in [0.4, 0.5) is 0 Å². The van der Waals surface area contributed by atoms with E-state index in [1.807, 2.05) is 36.4 Å². The van der Waals surface area contributed by atoms with Gasteiger partial charge in [-0.25, -0.2) is 4.98 Å². The standard InChI is InChI=1S/C14H15ClN2OS/c1-18-12-4-2-3-10(7-12)13(16)9-19-14-6-5-11(15)8-17-14/h2-8,13H,9,16H2,1H3. The number of ether oxygens (including phenoxy) is 1. The van der Waals surface area contributed by atoms with Crippen molar-refractivity contribution < 1.29 is 4.74 Å². The number of benzene rings is 1. The second-order valence-corrected chi connectivity index (χ2v) is 5.49. The molecule has 1 unspecified atom stereocenters. The number of hydrogen-bond acceptors (Lipinski definition) is 4. The van der Waals surface area contributed by atoms with Gasteiger partial charge in [-0.15, -0.1) is 11.8 Å². The number of aromatic nitrogens is 1. The van der Waals surface area contributed by atoms with Gasteiger partial charge in [-0.1, -0.05) is 23.7 Å². The van der Waals surface area contributed by atoms with Crippen LogP contribution >= 0.6 is 23.4 Å². The van der Waals surface area contributed by atoms with Crippen molar-refractivity contribution in [1.82, 2.24) is 4.98 Å². The first-order valence-corrected chi connectivity index (χ1v) is 7.19. The summed E-state index contributed by atoms with van der Waals surface area (Å²) in [5.74, 6) is 1.57. The third-order valence-corrected chi connectivity index (χ3v) is 3.92. The molecule has 0 amide bonds. The summed E-state index contributed by atoms with van der Waals surface area (Å²) in [6.45, 7) is 0. The number of nitrogens with two attached hydrogens (primary N) is 1. The van der Waals surface area contributed by atoms with Crippen molar-refractivity contribution in [2.24, 2.45) is 5.73 Å². The normalized spacial score (nSPS) is 12.2. The zero-order valence-corrected chi connectivity index (χ0v) is 12.1. The fourth-order valence-electron chi connectivity index (χ4n) is 1.59. The largest absolute Gasteiger partial charge is 0.497 e. The van der Waals surface area contributed by atoms with Crippen molar-refractivity contribution in [3.8, 4) is 5.75 Å². The Morgan fingerprint density at radius 1 is 1.37 bits per heavy atom. The molecular formula is C14H15ClN2OS. The Morgan fingerprint density at radius 3 is 2.89 bits per heavy atom. The summed E-state index contributed by atoms with van der Waals surface area (Å²) < 4.78 is 5.19. The lowest BCUT2D eigenvalue weighted by Gasteiger charge is -2.12. The van der Waals surface area contributed by atoms with Gasteiger partial charge in [0, 0.05) is 18.0 Å². The molecule has 0 saturated carbocycles. The van der Waals surface area contributed by atoms with E-state index < -0.39 is 0 Å². The highest BCUT2D eigenvalue weighted by molar-refractivity contribution is 7.99. The van der Waals surface area contributed by atoms with Gasteiger partial charge >= 0.3 is 0 Å². The molecule has 2 rings (SSSR count). The number of methoxy groups -OCH3 is 1.